The van der Waals surface area contributed by atoms with E-state index in [-0.39, 0.29) is 11.9 Å². The second kappa shape index (κ2) is 4.85. The number of likely N-dealkylation sites (tertiary alicyclic amines) is 1. The lowest BCUT2D eigenvalue weighted by molar-refractivity contribution is -0.129. The quantitative estimate of drug-likeness (QED) is 0.715. The van der Waals surface area contributed by atoms with Gasteiger partial charge in [-0.15, -0.1) is 0 Å². The van der Waals surface area contributed by atoms with Gasteiger partial charge in [-0.2, -0.15) is 0 Å². The number of imidazole rings is 1. The number of aliphatic hydroxyl groups is 1. The maximum absolute atomic E-state index is 12.0. The van der Waals surface area contributed by atoms with Crippen molar-refractivity contribution >= 4 is 5.91 Å². The van der Waals surface area contributed by atoms with Gasteiger partial charge in [0, 0.05) is 25.0 Å². The lowest BCUT2D eigenvalue weighted by Gasteiger charge is -2.21. The highest BCUT2D eigenvalue weighted by molar-refractivity contribution is 5.78. The van der Waals surface area contributed by atoms with E-state index in [2.05, 4.69) is 9.97 Å². The molecule has 2 N–H and O–H groups in total. The summed E-state index contributed by atoms with van der Waals surface area (Å²) in [5, 5.41) is 9.85. The Morgan fingerprint density at radius 3 is 2.94 bits per heavy atom. The third-order valence-corrected chi connectivity index (χ3v) is 3.17. The Morgan fingerprint density at radius 2 is 2.41 bits per heavy atom. The number of carbonyl (C=O) groups excluding carboxylic acids is 1. The van der Waals surface area contributed by atoms with Crippen molar-refractivity contribution in [2.24, 2.45) is 0 Å². The van der Waals surface area contributed by atoms with E-state index < -0.39 is 6.10 Å². The number of aliphatic hydroxyl groups excluding tert-OH is 1. The topological polar surface area (TPSA) is 72.5 Å². The first kappa shape index (κ1) is 12.1. The molecule has 1 saturated heterocycles. The van der Waals surface area contributed by atoms with Gasteiger partial charge in [0.15, 0.2) is 0 Å². The predicted octanol–water partition coefficient (Wildman–Crippen LogP) is -0.914. The van der Waals surface area contributed by atoms with Crippen LogP contribution in [0.3, 0.4) is 0 Å². The summed E-state index contributed by atoms with van der Waals surface area (Å²) in [6.07, 6.45) is 3.06. The lowest BCUT2D eigenvalue weighted by Crippen LogP contribution is -2.38. The third kappa shape index (κ3) is 2.65. The van der Waals surface area contributed by atoms with Gasteiger partial charge in [-0.1, -0.05) is 0 Å². The number of nitrogens with one attached hydrogen (secondary N) is 1. The van der Waals surface area contributed by atoms with Crippen molar-refractivity contribution in [1.29, 1.82) is 0 Å². The lowest BCUT2D eigenvalue weighted by atomic mass is 10.2. The summed E-state index contributed by atoms with van der Waals surface area (Å²) < 4.78 is 0. The largest absolute Gasteiger partial charge is 0.390 e. The molecule has 6 heteroatoms. The van der Waals surface area contributed by atoms with Gasteiger partial charge in [0.25, 0.3) is 0 Å². The van der Waals surface area contributed by atoms with E-state index in [0.717, 1.165) is 5.69 Å². The highest BCUT2D eigenvalue weighted by atomic mass is 16.3. The molecule has 2 heterocycles. The molecule has 1 fully saturated rings. The first-order chi connectivity index (χ1) is 8.08. The molecule has 2 atom stereocenters. The number of aromatic nitrogens is 2. The van der Waals surface area contributed by atoms with Gasteiger partial charge >= 0.3 is 0 Å². The Morgan fingerprint density at radius 1 is 1.65 bits per heavy atom. The smallest absolute Gasteiger partial charge is 0.228 e. The first-order valence-corrected chi connectivity index (χ1v) is 5.67. The maximum Gasteiger partial charge on any atom is 0.228 e. The van der Waals surface area contributed by atoms with Gasteiger partial charge in [-0.25, -0.2) is 4.98 Å². The zero-order valence-electron chi connectivity index (χ0n) is 10.1. The zero-order valence-corrected chi connectivity index (χ0v) is 10.1. The SMILES string of the molecule is CN(C)[C@@H]1CN(C(=O)Cc2cnc[nH]2)C[C@H]1O. The normalized spacial score (nSPS) is 24.6. The van der Waals surface area contributed by atoms with E-state index in [1.165, 1.54) is 0 Å². The average molecular weight is 238 g/mol. The number of β-amino-alcohol motifs (C(OH)–C–C–N with tert-alkyl or cyclic N) is 1. The molecule has 94 valence electrons. The number of rotatable bonds is 3. The highest BCUT2D eigenvalue weighted by Crippen LogP contribution is 2.15. The Kier molecular flexibility index (Phi) is 3.44. The van der Waals surface area contributed by atoms with E-state index in [4.69, 9.17) is 0 Å². The van der Waals surface area contributed by atoms with E-state index in [1.807, 2.05) is 19.0 Å². The summed E-state index contributed by atoms with van der Waals surface area (Å²) in [7, 11) is 3.83. The van der Waals surface area contributed by atoms with Crippen molar-refractivity contribution in [3.8, 4) is 0 Å². The van der Waals surface area contributed by atoms with Crippen LogP contribution in [0.1, 0.15) is 5.69 Å². The van der Waals surface area contributed by atoms with Crippen LogP contribution in [0.4, 0.5) is 0 Å². The van der Waals surface area contributed by atoms with E-state index in [0.29, 0.717) is 19.5 Å². The minimum atomic E-state index is -0.462. The molecule has 0 aromatic carbocycles. The Labute approximate surface area is 100 Å². The molecule has 0 bridgehead atoms. The van der Waals surface area contributed by atoms with Gasteiger partial charge in [0.2, 0.25) is 5.91 Å². The molecule has 1 aliphatic heterocycles. The zero-order chi connectivity index (χ0) is 12.4. The summed E-state index contributed by atoms with van der Waals surface area (Å²) in [4.78, 5) is 22.4. The molecule has 1 aromatic rings. The van der Waals surface area contributed by atoms with Crippen LogP contribution in [0, 0.1) is 0 Å². The third-order valence-electron chi connectivity index (χ3n) is 3.17. The molecule has 0 spiro atoms. The van der Waals surface area contributed by atoms with Gasteiger partial charge in [-0.3, -0.25) is 4.79 Å². The van der Waals surface area contributed by atoms with E-state index in [9.17, 15) is 9.90 Å². The number of nitrogens with zero attached hydrogens (tertiary/aromatic N) is 3. The standard InChI is InChI=1S/C11H18N4O2/c1-14(2)9-5-15(6-10(9)16)11(17)3-8-4-12-7-13-8/h4,7,9-10,16H,3,5-6H2,1-2H3,(H,12,13)/t9-,10-/m1/s1. The molecule has 1 aliphatic rings. The number of hydrogen-bond donors (Lipinski definition) is 2. The van der Waals surface area contributed by atoms with Crippen molar-refractivity contribution in [1.82, 2.24) is 19.8 Å². The number of H-pyrrole nitrogens is 1. The number of amides is 1. The molecule has 0 saturated carbocycles. The predicted molar refractivity (Wildman–Crippen MR) is 62.4 cm³/mol. The van der Waals surface area contributed by atoms with Crippen LogP contribution in [-0.2, 0) is 11.2 Å². The minimum absolute atomic E-state index is 0.0256. The summed E-state index contributed by atoms with van der Waals surface area (Å²) >= 11 is 0. The van der Waals surface area contributed by atoms with Crippen LogP contribution >= 0.6 is 0 Å². The average Bonchev–Trinajstić information content (AvgIpc) is 2.86. The molecule has 0 radical (unpaired) electrons. The Bertz CT molecular complexity index is 377. The number of hydrogen-bond acceptors (Lipinski definition) is 4. The first-order valence-electron chi connectivity index (χ1n) is 5.67. The highest BCUT2D eigenvalue weighted by Gasteiger charge is 2.35. The van der Waals surface area contributed by atoms with Crippen LogP contribution < -0.4 is 0 Å². The van der Waals surface area contributed by atoms with Gasteiger partial charge < -0.3 is 19.9 Å². The molecule has 2 rings (SSSR count). The van der Waals surface area contributed by atoms with Crippen molar-refractivity contribution in [2.75, 3.05) is 27.2 Å². The van der Waals surface area contributed by atoms with Crippen molar-refractivity contribution in [3.63, 3.8) is 0 Å². The van der Waals surface area contributed by atoms with Crippen LogP contribution in [0.15, 0.2) is 12.5 Å². The minimum Gasteiger partial charge on any atom is -0.390 e. The van der Waals surface area contributed by atoms with E-state index in [1.54, 1.807) is 17.4 Å². The van der Waals surface area contributed by atoms with Gasteiger partial charge in [-0.05, 0) is 14.1 Å². The Balaban J connectivity index is 1.93. The van der Waals surface area contributed by atoms with Crippen LogP contribution in [0.5, 0.6) is 0 Å². The fourth-order valence-electron chi connectivity index (χ4n) is 2.14. The van der Waals surface area contributed by atoms with Crippen molar-refractivity contribution in [2.45, 2.75) is 18.6 Å². The molecular formula is C11H18N4O2. The summed E-state index contributed by atoms with van der Waals surface area (Å²) in [6, 6.07) is 0.0284. The molecule has 1 aromatic heterocycles. The summed E-state index contributed by atoms with van der Waals surface area (Å²) in [5.74, 6) is 0.0256. The molecule has 0 unspecified atom stereocenters. The number of likely N-dealkylation sites (N-methyl/N-ethyl adjacent to an activating group) is 1. The monoisotopic (exact) mass is 238 g/mol. The van der Waals surface area contributed by atoms with Gasteiger partial charge in [0.05, 0.1) is 24.9 Å². The fourth-order valence-corrected chi connectivity index (χ4v) is 2.14. The van der Waals surface area contributed by atoms with Crippen LogP contribution in [0.25, 0.3) is 0 Å². The maximum atomic E-state index is 12.0. The molecule has 6 nitrogen and oxygen atoms in total. The Hall–Kier alpha value is -1.40. The number of aromatic amines is 1. The van der Waals surface area contributed by atoms with Crippen LogP contribution in [-0.4, -0.2) is 70.1 Å². The van der Waals surface area contributed by atoms with Crippen molar-refractivity contribution < 1.29 is 9.90 Å². The van der Waals surface area contributed by atoms with Crippen LogP contribution in [0.2, 0.25) is 0 Å². The number of carbonyl (C=O) groups is 1. The fraction of sp³-hybridized carbons (Fsp3) is 0.636. The van der Waals surface area contributed by atoms with Crippen molar-refractivity contribution in [3.05, 3.63) is 18.2 Å². The molecule has 0 aliphatic carbocycles. The summed E-state index contributed by atoms with van der Waals surface area (Å²) in [6.45, 7) is 0.997. The molecular weight excluding hydrogens is 220 g/mol. The molecule has 1 amide bonds. The van der Waals surface area contributed by atoms with E-state index >= 15 is 0 Å². The molecule has 17 heavy (non-hydrogen) atoms. The second-order valence-electron chi connectivity index (χ2n) is 4.65. The van der Waals surface area contributed by atoms with Gasteiger partial charge in [0.1, 0.15) is 0 Å². The second-order valence-corrected chi connectivity index (χ2v) is 4.65. The summed E-state index contributed by atoms with van der Waals surface area (Å²) in [5.41, 5.74) is 0.804.